The number of benzene rings is 1. The van der Waals surface area contributed by atoms with E-state index < -0.39 is 0 Å². The van der Waals surface area contributed by atoms with Crippen molar-refractivity contribution in [2.75, 3.05) is 13.2 Å². The SMILES string of the molecule is C=C(CNC(C)(C)C)COc1ccc(Br)cc1Br. The van der Waals surface area contributed by atoms with Crippen molar-refractivity contribution in [3.8, 4) is 5.75 Å². The molecule has 0 fully saturated rings. The molecule has 18 heavy (non-hydrogen) atoms. The lowest BCUT2D eigenvalue weighted by atomic mass is 10.1. The Hall–Kier alpha value is -0.320. The minimum atomic E-state index is 0.0983. The van der Waals surface area contributed by atoms with Crippen LogP contribution in [0.1, 0.15) is 20.8 Å². The third kappa shape index (κ3) is 6.03. The van der Waals surface area contributed by atoms with E-state index in [9.17, 15) is 0 Å². The highest BCUT2D eigenvalue weighted by molar-refractivity contribution is 9.11. The maximum absolute atomic E-state index is 5.71. The van der Waals surface area contributed by atoms with Crippen molar-refractivity contribution in [3.63, 3.8) is 0 Å². The molecular formula is C14H19Br2NO. The van der Waals surface area contributed by atoms with E-state index in [1.54, 1.807) is 0 Å². The molecule has 0 aliphatic heterocycles. The van der Waals surface area contributed by atoms with Gasteiger partial charge in [0, 0.05) is 16.6 Å². The third-order valence-corrected chi connectivity index (χ3v) is 3.31. The largest absolute Gasteiger partial charge is 0.488 e. The fourth-order valence-corrected chi connectivity index (χ4v) is 2.37. The maximum atomic E-state index is 5.71. The topological polar surface area (TPSA) is 21.3 Å². The minimum absolute atomic E-state index is 0.0983. The summed E-state index contributed by atoms with van der Waals surface area (Å²) in [4.78, 5) is 0. The molecule has 2 nitrogen and oxygen atoms in total. The summed E-state index contributed by atoms with van der Waals surface area (Å²) in [5, 5.41) is 3.38. The van der Waals surface area contributed by atoms with Crippen molar-refractivity contribution in [2.45, 2.75) is 26.3 Å². The van der Waals surface area contributed by atoms with Gasteiger partial charge >= 0.3 is 0 Å². The highest BCUT2D eigenvalue weighted by atomic mass is 79.9. The van der Waals surface area contributed by atoms with Gasteiger partial charge in [-0.15, -0.1) is 0 Å². The Morgan fingerprint density at radius 2 is 2.00 bits per heavy atom. The van der Waals surface area contributed by atoms with Crippen LogP contribution in [0.5, 0.6) is 5.75 Å². The first-order valence-corrected chi connectivity index (χ1v) is 7.36. The summed E-state index contributed by atoms with van der Waals surface area (Å²) >= 11 is 6.88. The number of rotatable bonds is 5. The molecule has 0 aromatic heterocycles. The summed E-state index contributed by atoms with van der Waals surface area (Å²) in [6.45, 7) is 11.7. The molecule has 0 radical (unpaired) electrons. The Morgan fingerprint density at radius 3 is 2.56 bits per heavy atom. The monoisotopic (exact) mass is 375 g/mol. The van der Waals surface area contributed by atoms with Gasteiger partial charge in [-0.05, 0) is 60.5 Å². The van der Waals surface area contributed by atoms with Gasteiger partial charge < -0.3 is 10.1 Å². The van der Waals surface area contributed by atoms with Crippen LogP contribution >= 0.6 is 31.9 Å². The van der Waals surface area contributed by atoms with Gasteiger partial charge in [-0.2, -0.15) is 0 Å². The second-order valence-electron chi connectivity index (χ2n) is 5.22. The van der Waals surface area contributed by atoms with Crippen LogP contribution in [0.4, 0.5) is 0 Å². The number of hydrogen-bond acceptors (Lipinski definition) is 2. The van der Waals surface area contributed by atoms with Crippen LogP contribution in [0.15, 0.2) is 39.3 Å². The Kier molecular flexibility index (Phi) is 5.89. The number of hydrogen-bond donors (Lipinski definition) is 1. The van der Waals surface area contributed by atoms with Gasteiger partial charge in [-0.1, -0.05) is 22.5 Å². The predicted octanol–water partition coefficient (Wildman–Crippen LogP) is 4.53. The molecule has 0 amide bonds. The molecule has 100 valence electrons. The van der Waals surface area contributed by atoms with Crippen LogP contribution < -0.4 is 10.1 Å². The van der Waals surface area contributed by atoms with Crippen LogP contribution in [0.2, 0.25) is 0 Å². The van der Waals surface area contributed by atoms with Crippen LogP contribution in [0.25, 0.3) is 0 Å². The molecule has 1 rings (SSSR count). The zero-order valence-corrected chi connectivity index (χ0v) is 14.2. The van der Waals surface area contributed by atoms with E-state index >= 15 is 0 Å². The van der Waals surface area contributed by atoms with Gasteiger partial charge in [0.05, 0.1) is 4.47 Å². The summed E-state index contributed by atoms with van der Waals surface area (Å²) < 4.78 is 7.67. The predicted molar refractivity (Wildman–Crippen MR) is 84.2 cm³/mol. The Labute approximate surface area is 126 Å². The summed E-state index contributed by atoms with van der Waals surface area (Å²) in [7, 11) is 0. The van der Waals surface area contributed by atoms with Gasteiger partial charge in [0.25, 0.3) is 0 Å². The van der Waals surface area contributed by atoms with Crippen molar-refractivity contribution >= 4 is 31.9 Å². The highest BCUT2D eigenvalue weighted by Crippen LogP contribution is 2.28. The number of halogens is 2. The van der Waals surface area contributed by atoms with Crippen molar-refractivity contribution in [1.82, 2.24) is 5.32 Å². The van der Waals surface area contributed by atoms with Gasteiger partial charge in [0.15, 0.2) is 0 Å². The number of nitrogens with one attached hydrogen (secondary N) is 1. The normalized spacial score (nSPS) is 11.4. The van der Waals surface area contributed by atoms with E-state index in [-0.39, 0.29) is 5.54 Å². The molecule has 0 saturated heterocycles. The second kappa shape index (κ2) is 6.73. The van der Waals surface area contributed by atoms with E-state index in [0.717, 1.165) is 26.8 Å². The molecule has 0 bridgehead atoms. The van der Waals surface area contributed by atoms with Crippen molar-refractivity contribution < 1.29 is 4.74 Å². The molecule has 1 aromatic carbocycles. The zero-order valence-electron chi connectivity index (χ0n) is 11.0. The molecule has 0 saturated carbocycles. The Bertz CT molecular complexity index is 424. The molecule has 0 heterocycles. The molecule has 0 unspecified atom stereocenters. The van der Waals surface area contributed by atoms with Crippen LogP contribution in [-0.2, 0) is 0 Å². The summed E-state index contributed by atoms with van der Waals surface area (Å²) in [6.07, 6.45) is 0. The van der Waals surface area contributed by atoms with Crippen LogP contribution in [-0.4, -0.2) is 18.7 Å². The Balaban J connectivity index is 2.43. The molecule has 0 aliphatic carbocycles. The second-order valence-corrected chi connectivity index (χ2v) is 6.99. The number of ether oxygens (including phenoxy) is 1. The third-order valence-electron chi connectivity index (χ3n) is 2.19. The van der Waals surface area contributed by atoms with E-state index in [4.69, 9.17) is 4.74 Å². The van der Waals surface area contributed by atoms with E-state index in [1.807, 2.05) is 18.2 Å². The lowest BCUT2D eigenvalue weighted by Crippen LogP contribution is -2.37. The van der Waals surface area contributed by atoms with Crippen molar-refractivity contribution in [1.29, 1.82) is 0 Å². The van der Waals surface area contributed by atoms with Gasteiger partial charge in [0.1, 0.15) is 12.4 Å². The first-order chi connectivity index (χ1) is 8.28. The van der Waals surface area contributed by atoms with Crippen molar-refractivity contribution in [2.24, 2.45) is 0 Å². The molecule has 1 N–H and O–H groups in total. The van der Waals surface area contributed by atoms with Gasteiger partial charge in [0.2, 0.25) is 0 Å². The quantitative estimate of drug-likeness (QED) is 0.762. The standard InChI is InChI=1S/C14H19Br2NO/c1-10(8-17-14(2,3)4)9-18-13-6-5-11(15)7-12(13)16/h5-7,17H,1,8-9H2,2-4H3. The maximum Gasteiger partial charge on any atom is 0.134 e. The summed E-state index contributed by atoms with van der Waals surface area (Å²) in [5.41, 5.74) is 1.13. The van der Waals surface area contributed by atoms with E-state index in [2.05, 4.69) is 64.5 Å². The van der Waals surface area contributed by atoms with Crippen LogP contribution in [0, 0.1) is 0 Å². The van der Waals surface area contributed by atoms with Crippen molar-refractivity contribution in [3.05, 3.63) is 39.3 Å². The molecule has 4 heteroatoms. The first kappa shape index (κ1) is 15.7. The van der Waals surface area contributed by atoms with Gasteiger partial charge in [-0.3, -0.25) is 0 Å². The average Bonchev–Trinajstić information content (AvgIpc) is 2.24. The molecule has 1 aromatic rings. The first-order valence-electron chi connectivity index (χ1n) is 5.77. The molecule has 0 atom stereocenters. The fraction of sp³-hybridized carbons (Fsp3) is 0.429. The van der Waals surface area contributed by atoms with Crippen LogP contribution in [0.3, 0.4) is 0 Å². The minimum Gasteiger partial charge on any atom is -0.488 e. The van der Waals surface area contributed by atoms with Gasteiger partial charge in [-0.25, -0.2) is 0 Å². The lowest BCUT2D eigenvalue weighted by Gasteiger charge is -2.21. The molecular weight excluding hydrogens is 358 g/mol. The van der Waals surface area contributed by atoms with E-state index in [1.165, 1.54) is 0 Å². The molecule has 0 spiro atoms. The fourth-order valence-electron chi connectivity index (χ4n) is 1.21. The zero-order chi connectivity index (χ0) is 13.8. The summed E-state index contributed by atoms with van der Waals surface area (Å²) in [6, 6.07) is 5.85. The highest BCUT2D eigenvalue weighted by Gasteiger charge is 2.09. The lowest BCUT2D eigenvalue weighted by molar-refractivity contribution is 0.339. The Morgan fingerprint density at radius 1 is 1.33 bits per heavy atom. The summed E-state index contributed by atoms with van der Waals surface area (Å²) in [5.74, 6) is 0.829. The molecule has 0 aliphatic rings. The smallest absolute Gasteiger partial charge is 0.134 e. The van der Waals surface area contributed by atoms with E-state index in [0.29, 0.717) is 6.61 Å². The average molecular weight is 377 g/mol.